The van der Waals surface area contributed by atoms with Gasteiger partial charge in [0, 0.05) is 27.9 Å². The van der Waals surface area contributed by atoms with Crippen molar-refractivity contribution in [3.8, 4) is 22.6 Å². The molecule has 1 fully saturated rings. The summed E-state index contributed by atoms with van der Waals surface area (Å²) in [7, 11) is 0. The van der Waals surface area contributed by atoms with Crippen LogP contribution in [0.5, 0.6) is 5.75 Å². The summed E-state index contributed by atoms with van der Waals surface area (Å²) in [5.74, 6) is 0.878. The van der Waals surface area contributed by atoms with E-state index < -0.39 is 11.2 Å². The minimum Gasteiger partial charge on any atom is -0.485 e. The van der Waals surface area contributed by atoms with Gasteiger partial charge in [0.15, 0.2) is 5.69 Å². The van der Waals surface area contributed by atoms with Gasteiger partial charge in [0.1, 0.15) is 23.1 Å². The molecule has 3 aliphatic rings. The minimum atomic E-state index is -0.474. The lowest BCUT2D eigenvalue weighted by Crippen LogP contribution is -2.41. The molecule has 1 aromatic heterocycles. The van der Waals surface area contributed by atoms with Crippen molar-refractivity contribution in [3.05, 3.63) is 126 Å². The van der Waals surface area contributed by atoms with E-state index in [0.717, 1.165) is 44.9 Å². The van der Waals surface area contributed by atoms with Crippen LogP contribution in [0, 0.1) is 6.57 Å². The molecule has 6 heteroatoms. The number of hydrogen-bond donors (Lipinski definition) is 0. The molecule has 212 valence electrons. The molecule has 5 aromatic rings. The lowest BCUT2D eigenvalue weighted by Gasteiger charge is -2.26. The Hall–Kier alpha value is -4.83. The van der Waals surface area contributed by atoms with Gasteiger partial charge in [0.2, 0.25) is 0 Å². The summed E-state index contributed by atoms with van der Waals surface area (Å²) in [6.07, 6.45) is 6.14. The zero-order valence-electron chi connectivity index (χ0n) is 24.5. The van der Waals surface area contributed by atoms with E-state index in [1.807, 2.05) is 52.0 Å². The normalized spacial score (nSPS) is 21.4. The maximum atomic E-state index is 7.91. The largest absolute Gasteiger partial charge is 0.485 e. The molecule has 0 radical (unpaired) electrons. The fraction of sp³-hybridized carbons (Fsp3) is 0.216. The molecule has 0 bridgehead atoms. The fourth-order valence-electron chi connectivity index (χ4n) is 6.31. The molecule has 0 N–H and O–H groups in total. The van der Waals surface area contributed by atoms with Gasteiger partial charge in [-0.15, -0.1) is 5.23 Å². The van der Waals surface area contributed by atoms with Gasteiger partial charge < -0.3 is 9.30 Å². The first kappa shape index (κ1) is 25.8. The average Bonchev–Trinajstić information content (AvgIpc) is 3.62. The predicted molar refractivity (Wildman–Crippen MR) is 169 cm³/mol. The minimum absolute atomic E-state index is 0.00910. The Bertz CT molecular complexity index is 1990. The van der Waals surface area contributed by atoms with Crippen LogP contribution in [0.4, 0.5) is 5.69 Å². The van der Waals surface area contributed by atoms with Crippen molar-refractivity contribution in [3.63, 3.8) is 0 Å². The molecule has 2 atom stereocenters. The first-order valence-corrected chi connectivity index (χ1v) is 14.6. The van der Waals surface area contributed by atoms with Gasteiger partial charge in [-0.05, 0) is 99.5 Å². The summed E-state index contributed by atoms with van der Waals surface area (Å²) in [5.41, 5.74) is 6.83. The zero-order valence-corrected chi connectivity index (χ0v) is 24.5. The Kier molecular flexibility index (Phi) is 5.46. The Morgan fingerprint density at radius 3 is 2.12 bits per heavy atom. The number of aromatic nitrogens is 1. The topological polar surface area (TPSA) is 40.2 Å². The summed E-state index contributed by atoms with van der Waals surface area (Å²) in [6.45, 7) is 16.0. The molecule has 1 aliphatic carbocycles. The van der Waals surface area contributed by atoms with Gasteiger partial charge in [0.05, 0.1) is 23.3 Å². The van der Waals surface area contributed by atoms with Crippen molar-refractivity contribution in [2.24, 2.45) is 0 Å². The number of hydrogen-bond acceptors (Lipinski definition) is 4. The highest BCUT2D eigenvalue weighted by atomic mass is 17.0. The average molecular weight is 566 g/mol. The highest BCUT2D eigenvalue weighted by Gasteiger charge is 2.50. The van der Waals surface area contributed by atoms with Gasteiger partial charge in [-0.2, -0.15) is 0 Å². The SMILES string of the molecule is [C-]#[N+]c1cc(-c2ccc3c(c2)C2C=C(N4OC(C)(C)C(C)(C)O4)C=CC2O3)cc(-n2c3ccccc3c3ccccc32)c1. The summed E-state index contributed by atoms with van der Waals surface area (Å²) in [5, 5.41) is 3.93. The molecule has 1 saturated heterocycles. The Morgan fingerprint density at radius 2 is 1.44 bits per heavy atom. The molecule has 0 amide bonds. The number of rotatable bonds is 3. The van der Waals surface area contributed by atoms with Crippen molar-refractivity contribution in [1.82, 2.24) is 9.79 Å². The van der Waals surface area contributed by atoms with Crippen LogP contribution in [0.1, 0.15) is 39.2 Å². The van der Waals surface area contributed by atoms with Gasteiger partial charge in [-0.3, -0.25) is 0 Å². The molecule has 2 unspecified atom stereocenters. The summed E-state index contributed by atoms with van der Waals surface area (Å²) < 4.78 is 8.59. The number of fused-ring (bicyclic) bond motifs is 6. The van der Waals surface area contributed by atoms with Crippen LogP contribution in [0.2, 0.25) is 0 Å². The van der Waals surface area contributed by atoms with Crippen LogP contribution in [-0.4, -0.2) is 27.1 Å². The van der Waals surface area contributed by atoms with E-state index >= 15 is 0 Å². The van der Waals surface area contributed by atoms with Crippen molar-refractivity contribution >= 4 is 27.5 Å². The van der Waals surface area contributed by atoms with Gasteiger partial charge in [-0.25, -0.2) is 14.5 Å². The van der Waals surface area contributed by atoms with E-state index in [-0.39, 0.29) is 12.0 Å². The van der Waals surface area contributed by atoms with Crippen LogP contribution in [0.15, 0.2) is 109 Å². The van der Waals surface area contributed by atoms with Crippen LogP contribution < -0.4 is 4.74 Å². The molecular formula is C37H31N3O3. The second-order valence-corrected chi connectivity index (χ2v) is 12.5. The number of para-hydroxylation sites is 2. The molecule has 3 heterocycles. The Morgan fingerprint density at radius 1 is 0.767 bits per heavy atom. The Balaban J connectivity index is 1.21. The first-order chi connectivity index (χ1) is 20.7. The zero-order chi connectivity index (χ0) is 29.5. The fourth-order valence-corrected chi connectivity index (χ4v) is 6.31. The van der Waals surface area contributed by atoms with E-state index in [1.165, 1.54) is 10.8 Å². The number of hydroxylamine groups is 2. The number of benzene rings is 4. The van der Waals surface area contributed by atoms with E-state index in [9.17, 15) is 0 Å². The van der Waals surface area contributed by atoms with Gasteiger partial charge in [0.25, 0.3) is 0 Å². The number of allylic oxidation sites excluding steroid dienone is 1. The molecule has 6 nitrogen and oxygen atoms in total. The molecule has 43 heavy (non-hydrogen) atoms. The molecule has 8 rings (SSSR count). The quantitative estimate of drug-likeness (QED) is 0.205. The van der Waals surface area contributed by atoms with Gasteiger partial charge >= 0.3 is 0 Å². The van der Waals surface area contributed by atoms with Crippen molar-refractivity contribution in [1.29, 1.82) is 0 Å². The predicted octanol–water partition coefficient (Wildman–Crippen LogP) is 9.04. The molecule has 4 aromatic carbocycles. The van der Waals surface area contributed by atoms with Crippen molar-refractivity contribution in [2.45, 2.75) is 50.9 Å². The molecule has 0 saturated carbocycles. The number of nitrogens with zero attached hydrogens (tertiary/aromatic N) is 3. The highest BCUT2D eigenvalue weighted by Crippen LogP contribution is 2.47. The lowest BCUT2D eigenvalue weighted by atomic mass is 9.89. The van der Waals surface area contributed by atoms with E-state index in [4.69, 9.17) is 21.0 Å². The van der Waals surface area contributed by atoms with Gasteiger partial charge in [-0.1, -0.05) is 42.5 Å². The molecular weight excluding hydrogens is 534 g/mol. The molecule has 0 spiro atoms. The van der Waals surface area contributed by atoms with Crippen LogP contribution in [-0.2, 0) is 9.68 Å². The molecule has 2 aliphatic heterocycles. The maximum Gasteiger partial charge on any atom is 0.189 e. The third kappa shape index (κ3) is 3.93. The standard InChI is InChI=1S/C37H31N3O3/c1-36(2)37(3,4)43-40(42-36)26-15-17-35-31(22-26)30-20-23(14-16-34(30)41-35)24-18-25(38-5)21-27(19-24)39-32-12-8-6-10-28(32)29-11-7-9-13-33(29)39/h6-22,31,35H,1-4H3. The van der Waals surface area contributed by atoms with Crippen molar-refractivity contribution < 1.29 is 14.4 Å². The maximum absolute atomic E-state index is 7.91. The number of ether oxygens (including phenoxy) is 1. The Labute approximate surface area is 250 Å². The third-order valence-corrected chi connectivity index (χ3v) is 9.28. The first-order valence-electron chi connectivity index (χ1n) is 14.6. The third-order valence-electron chi connectivity index (χ3n) is 9.28. The summed E-state index contributed by atoms with van der Waals surface area (Å²) in [4.78, 5) is 16.2. The van der Waals surface area contributed by atoms with E-state index in [0.29, 0.717) is 5.69 Å². The van der Waals surface area contributed by atoms with Crippen LogP contribution in [0.3, 0.4) is 0 Å². The van der Waals surface area contributed by atoms with E-state index in [2.05, 4.69) is 88.3 Å². The summed E-state index contributed by atoms with van der Waals surface area (Å²) >= 11 is 0. The second-order valence-electron chi connectivity index (χ2n) is 12.5. The van der Waals surface area contributed by atoms with E-state index in [1.54, 1.807) is 5.23 Å². The lowest BCUT2D eigenvalue weighted by molar-refractivity contribution is -0.300. The second kappa shape index (κ2) is 9.08. The van der Waals surface area contributed by atoms with Crippen LogP contribution in [0.25, 0.3) is 43.5 Å². The highest BCUT2D eigenvalue weighted by molar-refractivity contribution is 6.09. The van der Waals surface area contributed by atoms with Crippen LogP contribution >= 0.6 is 0 Å². The van der Waals surface area contributed by atoms with Crippen molar-refractivity contribution in [2.75, 3.05) is 0 Å². The summed E-state index contributed by atoms with van der Waals surface area (Å²) in [6, 6.07) is 29.3. The monoisotopic (exact) mass is 565 g/mol. The smallest absolute Gasteiger partial charge is 0.189 e.